The van der Waals surface area contributed by atoms with Gasteiger partial charge in [0.15, 0.2) is 0 Å². The van der Waals surface area contributed by atoms with E-state index in [1.165, 1.54) is 0 Å². The molecule has 1 N–H and O–H groups in total. The number of carbonyl (C=O) groups excluding carboxylic acids is 1. The van der Waals surface area contributed by atoms with E-state index in [1.807, 2.05) is 29.2 Å². The number of hydrogen-bond donors (Lipinski definition) is 1. The minimum absolute atomic E-state index is 0.0654. The second-order valence-electron chi connectivity index (χ2n) is 7.28. The van der Waals surface area contributed by atoms with E-state index < -0.39 is 0 Å². The van der Waals surface area contributed by atoms with Gasteiger partial charge >= 0.3 is 6.03 Å². The van der Waals surface area contributed by atoms with Crippen molar-refractivity contribution in [2.45, 2.75) is 25.4 Å². The molecule has 1 aromatic heterocycles. The second kappa shape index (κ2) is 8.58. The number of hydrogen-bond acceptors (Lipinski definition) is 5. The summed E-state index contributed by atoms with van der Waals surface area (Å²) >= 11 is 0. The van der Waals surface area contributed by atoms with Gasteiger partial charge in [-0.2, -0.15) is 0 Å². The van der Waals surface area contributed by atoms with Crippen LogP contribution < -0.4 is 10.1 Å². The Morgan fingerprint density at radius 2 is 1.96 bits per heavy atom. The number of morpholine rings is 1. The molecule has 2 aliphatic heterocycles. The van der Waals surface area contributed by atoms with Gasteiger partial charge in [-0.05, 0) is 37.6 Å². The maximum atomic E-state index is 12.8. The highest BCUT2D eigenvalue weighted by Crippen LogP contribution is 2.26. The van der Waals surface area contributed by atoms with Crippen LogP contribution in [0.2, 0.25) is 0 Å². The Balaban J connectivity index is 1.37. The van der Waals surface area contributed by atoms with Gasteiger partial charge in [0.25, 0.3) is 0 Å². The third-order valence-corrected chi connectivity index (χ3v) is 5.35. The molecule has 1 aromatic carbocycles. The number of carbonyl (C=O) groups is 1. The third-order valence-electron chi connectivity index (χ3n) is 5.35. The van der Waals surface area contributed by atoms with Gasteiger partial charge in [0.1, 0.15) is 11.5 Å². The van der Waals surface area contributed by atoms with Crippen LogP contribution in [0.25, 0.3) is 0 Å². The van der Waals surface area contributed by atoms with Gasteiger partial charge in [-0.1, -0.05) is 6.07 Å². The SMILES string of the molecule is CC1CC(N2CCOCC2)CN1C(=O)Nc1cccc(Oc2ccncc2)c1. The minimum Gasteiger partial charge on any atom is -0.457 e. The molecule has 7 nitrogen and oxygen atoms in total. The number of aromatic nitrogens is 1. The molecule has 0 saturated carbocycles. The van der Waals surface area contributed by atoms with Crippen molar-refractivity contribution in [1.29, 1.82) is 0 Å². The third kappa shape index (κ3) is 4.43. The molecule has 148 valence electrons. The van der Waals surface area contributed by atoms with E-state index in [9.17, 15) is 4.79 Å². The zero-order valence-electron chi connectivity index (χ0n) is 16.1. The maximum Gasteiger partial charge on any atom is 0.322 e. The number of ether oxygens (including phenoxy) is 2. The smallest absolute Gasteiger partial charge is 0.322 e. The molecule has 2 atom stereocenters. The first-order valence-corrected chi connectivity index (χ1v) is 9.76. The van der Waals surface area contributed by atoms with Crippen LogP contribution in [0.4, 0.5) is 10.5 Å². The highest BCUT2D eigenvalue weighted by atomic mass is 16.5. The van der Waals surface area contributed by atoms with Crippen LogP contribution in [-0.2, 0) is 4.74 Å². The van der Waals surface area contributed by atoms with Gasteiger partial charge in [-0.3, -0.25) is 9.88 Å². The summed E-state index contributed by atoms with van der Waals surface area (Å²) in [5.41, 5.74) is 0.721. The van der Waals surface area contributed by atoms with Crippen LogP contribution in [0.15, 0.2) is 48.8 Å². The number of nitrogens with zero attached hydrogens (tertiary/aromatic N) is 3. The number of benzene rings is 1. The number of nitrogens with one attached hydrogen (secondary N) is 1. The Labute approximate surface area is 165 Å². The van der Waals surface area contributed by atoms with Crippen molar-refractivity contribution >= 4 is 11.7 Å². The summed E-state index contributed by atoms with van der Waals surface area (Å²) in [6, 6.07) is 11.6. The van der Waals surface area contributed by atoms with Gasteiger partial charge in [0, 0.05) is 55.9 Å². The Morgan fingerprint density at radius 1 is 1.18 bits per heavy atom. The molecule has 4 rings (SSSR count). The maximum absolute atomic E-state index is 12.8. The van der Waals surface area contributed by atoms with Crippen molar-refractivity contribution in [2.24, 2.45) is 0 Å². The van der Waals surface area contributed by atoms with E-state index in [1.54, 1.807) is 24.5 Å². The molecule has 2 aliphatic rings. The molecule has 28 heavy (non-hydrogen) atoms. The molecule has 2 fully saturated rings. The standard InChI is InChI=1S/C21H26N4O3/c1-16-13-18(24-9-11-27-12-10-24)15-25(16)21(26)23-17-3-2-4-20(14-17)28-19-5-7-22-8-6-19/h2-8,14,16,18H,9-13,15H2,1H3,(H,23,26). The van der Waals surface area contributed by atoms with Crippen molar-refractivity contribution in [3.8, 4) is 11.5 Å². The summed E-state index contributed by atoms with van der Waals surface area (Å²) in [6.45, 7) is 6.31. The second-order valence-corrected chi connectivity index (χ2v) is 7.28. The predicted molar refractivity (Wildman–Crippen MR) is 107 cm³/mol. The van der Waals surface area contributed by atoms with Crippen LogP contribution in [0.1, 0.15) is 13.3 Å². The first kappa shape index (κ1) is 18.7. The molecule has 2 unspecified atom stereocenters. The fraction of sp³-hybridized carbons (Fsp3) is 0.429. The quantitative estimate of drug-likeness (QED) is 0.880. The van der Waals surface area contributed by atoms with E-state index in [4.69, 9.17) is 9.47 Å². The normalized spacial score (nSPS) is 22.8. The number of likely N-dealkylation sites (tertiary alicyclic amines) is 1. The van der Waals surface area contributed by atoms with Crippen LogP contribution in [0, 0.1) is 0 Å². The molecular formula is C21H26N4O3. The zero-order valence-corrected chi connectivity index (χ0v) is 16.1. The van der Waals surface area contributed by atoms with Crippen LogP contribution >= 0.6 is 0 Å². The highest BCUT2D eigenvalue weighted by Gasteiger charge is 2.36. The van der Waals surface area contributed by atoms with Gasteiger partial charge in [-0.25, -0.2) is 4.79 Å². The molecule has 3 heterocycles. The summed E-state index contributed by atoms with van der Waals surface area (Å²) in [5, 5.41) is 3.02. The van der Waals surface area contributed by atoms with Gasteiger partial charge in [0.05, 0.1) is 13.2 Å². The van der Waals surface area contributed by atoms with Crippen molar-refractivity contribution in [3.05, 3.63) is 48.8 Å². The molecule has 2 saturated heterocycles. The van der Waals surface area contributed by atoms with Gasteiger partial charge in [-0.15, -0.1) is 0 Å². The monoisotopic (exact) mass is 382 g/mol. The molecule has 2 amide bonds. The van der Waals surface area contributed by atoms with E-state index in [0.29, 0.717) is 17.5 Å². The summed E-state index contributed by atoms with van der Waals surface area (Å²) < 4.78 is 11.3. The number of pyridine rings is 1. The zero-order chi connectivity index (χ0) is 19.3. The lowest BCUT2D eigenvalue weighted by Gasteiger charge is -2.32. The number of urea groups is 1. The Morgan fingerprint density at radius 3 is 2.75 bits per heavy atom. The van der Waals surface area contributed by atoms with Crippen molar-refractivity contribution < 1.29 is 14.3 Å². The van der Waals surface area contributed by atoms with Crippen LogP contribution in [0.5, 0.6) is 11.5 Å². The summed E-state index contributed by atoms with van der Waals surface area (Å²) in [7, 11) is 0. The highest BCUT2D eigenvalue weighted by molar-refractivity contribution is 5.90. The molecular weight excluding hydrogens is 356 g/mol. The van der Waals surface area contributed by atoms with E-state index in [2.05, 4.69) is 22.1 Å². The van der Waals surface area contributed by atoms with Crippen LogP contribution in [-0.4, -0.2) is 65.7 Å². The number of rotatable bonds is 4. The topological polar surface area (TPSA) is 66.9 Å². The summed E-state index contributed by atoms with van der Waals surface area (Å²) in [6.07, 6.45) is 4.36. The molecule has 0 aliphatic carbocycles. The molecule has 7 heteroatoms. The number of amides is 2. The average molecular weight is 382 g/mol. The molecule has 0 spiro atoms. The first-order chi connectivity index (χ1) is 13.7. The largest absolute Gasteiger partial charge is 0.457 e. The van der Waals surface area contributed by atoms with E-state index in [0.717, 1.165) is 45.0 Å². The van der Waals surface area contributed by atoms with Crippen molar-refractivity contribution in [1.82, 2.24) is 14.8 Å². The van der Waals surface area contributed by atoms with Crippen molar-refractivity contribution in [3.63, 3.8) is 0 Å². The van der Waals surface area contributed by atoms with Crippen molar-refractivity contribution in [2.75, 3.05) is 38.2 Å². The fourth-order valence-corrected chi connectivity index (χ4v) is 3.87. The van der Waals surface area contributed by atoms with Crippen LogP contribution in [0.3, 0.4) is 0 Å². The van der Waals surface area contributed by atoms with E-state index >= 15 is 0 Å². The number of anilines is 1. The summed E-state index contributed by atoms with van der Waals surface area (Å²) in [4.78, 5) is 21.2. The molecule has 0 radical (unpaired) electrons. The van der Waals surface area contributed by atoms with Gasteiger partial charge < -0.3 is 19.7 Å². The molecule has 0 bridgehead atoms. The first-order valence-electron chi connectivity index (χ1n) is 9.76. The predicted octanol–water partition coefficient (Wildman–Crippen LogP) is 3.20. The Bertz CT molecular complexity index is 795. The Hall–Kier alpha value is -2.64. The van der Waals surface area contributed by atoms with E-state index in [-0.39, 0.29) is 12.1 Å². The Kier molecular flexibility index (Phi) is 5.73. The fourth-order valence-electron chi connectivity index (χ4n) is 3.87. The molecule has 2 aromatic rings. The minimum atomic E-state index is -0.0654. The van der Waals surface area contributed by atoms with Gasteiger partial charge in [0.2, 0.25) is 0 Å². The average Bonchev–Trinajstić information content (AvgIpc) is 3.12. The summed E-state index contributed by atoms with van der Waals surface area (Å²) in [5.74, 6) is 1.38. The lowest BCUT2D eigenvalue weighted by molar-refractivity contribution is 0.0191. The lowest BCUT2D eigenvalue weighted by atomic mass is 10.1. The lowest BCUT2D eigenvalue weighted by Crippen LogP contribution is -2.45.